The van der Waals surface area contributed by atoms with E-state index in [0.717, 1.165) is 17.0 Å². The predicted octanol–water partition coefficient (Wildman–Crippen LogP) is 3.55. The zero-order valence-electron chi connectivity index (χ0n) is 8.66. The molecule has 16 heavy (non-hydrogen) atoms. The number of pyridine rings is 1. The Bertz CT molecular complexity index is 531. The van der Waals surface area contributed by atoms with E-state index in [1.807, 2.05) is 6.07 Å². The fourth-order valence-electron chi connectivity index (χ4n) is 2.13. The number of hydrogen-bond acceptors (Lipinski definition) is 2. The zero-order valence-corrected chi connectivity index (χ0v) is 10.2. The average Bonchev–Trinajstić information content (AvgIpc) is 2.54. The quantitative estimate of drug-likeness (QED) is 0.769. The minimum Gasteiger partial charge on any atom is -0.309 e. The standard InChI is InChI=1S/C11H11Cl2N3/c12-5-10-15-9-4-7(13)6-14-11(9)16(10)8-2-1-3-8/h4,6,8H,1-3,5H2. The number of halogens is 2. The lowest BCUT2D eigenvalue weighted by molar-refractivity contribution is 0.314. The largest absolute Gasteiger partial charge is 0.309 e. The Kier molecular flexibility index (Phi) is 2.52. The minimum atomic E-state index is 0.421. The topological polar surface area (TPSA) is 30.7 Å². The third kappa shape index (κ3) is 1.50. The van der Waals surface area contributed by atoms with Crippen molar-refractivity contribution in [2.45, 2.75) is 31.2 Å². The Labute approximate surface area is 103 Å². The van der Waals surface area contributed by atoms with Crippen LogP contribution >= 0.6 is 23.2 Å². The normalized spacial score (nSPS) is 16.6. The van der Waals surface area contributed by atoms with Gasteiger partial charge in [0.05, 0.1) is 10.9 Å². The predicted molar refractivity (Wildman–Crippen MR) is 65.0 cm³/mol. The molecule has 0 amide bonds. The summed E-state index contributed by atoms with van der Waals surface area (Å²) in [6.07, 6.45) is 5.33. The van der Waals surface area contributed by atoms with Crippen molar-refractivity contribution >= 4 is 34.4 Å². The van der Waals surface area contributed by atoms with Crippen LogP contribution in [0, 0.1) is 0 Å². The molecular weight excluding hydrogens is 245 g/mol. The SMILES string of the molecule is ClCc1nc2cc(Cl)cnc2n1C1CCC1. The Morgan fingerprint density at radius 2 is 2.25 bits per heavy atom. The highest BCUT2D eigenvalue weighted by Crippen LogP contribution is 2.35. The van der Waals surface area contributed by atoms with Crippen molar-refractivity contribution in [3.63, 3.8) is 0 Å². The molecule has 1 aliphatic carbocycles. The van der Waals surface area contributed by atoms with E-state index in [1.165, 1.54) is 19.3 Å². The summed E-state index contributed by atoms with van der Waals surface area (Å²) >= 11 is 11.8. The van der Waals surface area contributed by atoms with Crippen molar-refractivity contribution in [1.82, 2.24) is 14.5 Å². The molecule has 3 rings (SSSR count). The van der Waals surface area contributed by atoms with E-state index in [4.69, 9.17) is 23.2 Å². The maximum absolute atomic E-state index is 5.92. The number of nitrogens with zero attached hydrogens (tertiary/aromatic N) is 3. The van der Waals surface area contributed by atoms with Crippen molar-refractivity contribution in [2.75, 3.05) is 0 Å². The van der Waals surface area contributed by atoms with E-state index in [2.05, 4.69) is 14.5 Å². The maximum atomic E-state index is 5.92. The van der Waals surface area contributed by atoms with E-state index in [0.29, 0.717) is 16.9 Å². The fourth-order valence-corrected chi connectivity index (χ4v) is 2.47. The van der Waals surface area contributed by atoms with Crippen LogP contribution in [0.25, 0.3) is 11.2 Å². The molecule has 0 saturated heterocycles. The monoisotopic (exact) mass is 255 g/mol. The number of imidazole rings is 1. The van der Waals surface area contributed by atoms with E-state index in [9.17, 15) is 0 Å². The highest BCUT2D eigenvalue weighted by Gasteiger charge is 2.24. The molecule has 1 saturated carbocycles. The van der Waals surface area contributed by atoms with Crippen molar-refractivity contribution in [3.05, 3.63) is 23.1 Å². The molecule has 0 aliphatic heterocycles. The summed E-state index contributed by atoms with van der Waals surface area (Å²) in [6, 6.07) is 2.36. The van der Waals surface area contributed by atoms with Crippen LogP contribution < -0.4 is 0 Å². The van der Waals surface area contributed by atoms with Gasteiger partial charge in [0, 0.05) is 12.2 Å². The molecule has 84 valence electrons. The first kappa shape index (κ1) is 10.4. The second-order valence-electron chi connectivity index (χ2n) is 4.11. The summed E-state index contributed by atoms with van der Waals surface area (Å²) in [5, 5.41) is 0.617. The Morgan fingerprint density at radius 3 is 2.88 bits per heavy atom. The first-order valence-electron chi connectivity index (χ1n) is 5.38. The molecule has 0 spiro atoms. The zero-order chi connectivity index (χ0) is 11.1. The number of aromatic nitrogens is 3. The molecule has 1 aliphatic rings. The van der Waals surface area contributed by atoms with E-state index in [-0.39, 0.29) is 0 Å². The summed E-state index contributed by atoms with van der Waals surface area (Å²) in [5.74, 6) is 1.32. The van der Waals surface area contributed by atoms with Crippen LogP contribution in [0.3, 0.4) is 0 Å². The molecule has 0 bridgehead atoms. The smallest absolute Gasteiger partial charge is 0.160 e. The van der Waals surface area contributed by atoms with Gasteiger partial charge in [-0.3, -0.25) is 0 Å². The van der Waals surface area contributed by atoms with Gasteiger partial charge in [0.1, 0.15) is 11.3 Å². The van der Waals surface area contributed by atoms with Crippen LogP contribution in [0.15, 0.2) is 12.3 Å². The third-order valence-electron chi connectivity index (χ3n) is 3.13. The molecule has 0 atom stereocenters. The molecule has 0 unspecified atom stereocenters. The van der Waals surface area contributed by atoms with Crippen LogP contribution in [0.1, 0.15) is 31.1 Å². The molecule has 5 heteroatoms. The maximum Gasteiger partial charge on any atom is 0.160 e. The van der Waals surface area contributed by atoms with Gasteiger partial charge in [-0.15, -0.1) is 11.6 Å². The molecule has 2 aromatic rings. The Balaban J connectivity index is 2.22. The van der Waals surface area contributed by atoms with E-state index < -0.39 is 0 Å². The van der Waals surface area contributed by atoms with Crippen molar-refractivity contribution in [2.24, 2.45) is 0 Å². The van der Waals surface area contributed by atoms with Gasteiger partial charge in [-0.25, -0.2) is 9.97 Å². The van der Waals surface area contributed by atoms with Gasteiger partial charge in [-0.2, -0.15) is 0 Å². The van der Waals surface area contributed by atoms with Crippen molar-refractivity contribution in [1.29, 1.82) is 0 Å². The Morgan fingerprint density at radius 1 is 1.44 bits per heavy atom. The lowest BCUT2D eigenvalue weighted by atomic mass is 9.93. The van der Waals surface area contributed by atoms with Gasteiger partial charge in [0.15, 0.2) is 5.65 Å². The van der Waals surface area contributed by atoms with Crippen molar-refractivity contribution < 1.29 is 0 Å². The first-order valence-corrected chi connectivity index (χ1v) is 6.29. The first-order chi connectivity index (χ1) is 7.79. The molecular formula is C11H11Cl2N3. The molecule has 2 heterocycles. The summed E-state index contributed by atoms with van der Waals surface area (Å²) in [7, 11) is 0. The molecule has 0 aromatic carbocycles. The van der Waals surface area contributed by atoms with Crippen molar-refractivity contribution in [3.8, 4) is 0 Å². The Hall–Kier alpha value is -0.800. The second-order valence-corrected chi connectivity index (χ2v) is 4.82. The number of rotatable bonds is 2. The second kappa shape index (κ2) is 3.90. The van der Waals surface area contributed by atoms with Crippen LogP contribution in [0.4, 0.5) is 0 Å². The van der Waals surface area contributed by atoms with Gasteiger partial charge in [0.2, 0.25) is 0 Å². The van der Waals surface area contributed by atoms with Crippen LogP contribution in [-0.2, 0) is 5.88 Å². The van der Waals surface area contributed by atoms with Gasteiger partial charge in [-0.05, 0) is 25.3 Å². The minimum absolute atomic E-state index is 0.421. The highest BCUT2D eigenvalue weighted by atomic mass is 35.5. The summed E-state index contributed by atoms with van der Waals surface area (Å²) in [6.45, 7) is 0. The summed E-state index contributed by atoms with van der Waals surface area (Å²) < 4.78 is 2.17. The summed E-state index contributed by atoms with van der Waals surface area (Å²) in [5.41, 5.74) is 1.75. The number of fused-ring (bicyclic) bond motifs is 1. The average molecular weight is 256 g/mol. The van der Waals surface area contributed by atoms with Gasteiger partial charge < -0.3 is 4.57 Å². The molecule has 2 aromatic heterocycles. The van der Waals surface area contributed by atoms with E-state index in [1.54, 1.807) is 6.20 Å². The lowest BCUT2D eigenvalue weighted by Crippen LogP contribution is -2.19. The third-order valence-corrected chi connectivity index (χ3v) is 3.57. The molecule has 3 nitrogen and oxygen atoms in total. The fraction of sp³-hybridized carbons (Fsp3) is 0.455. The van der Waals surface area contributed by atoms with Crippen LogP contribution in [0.2, 0.25) is 5.02 Å². The van der Waals surface area contributed by atoms with E-state index >= 15 is 0 Å². The molecule has 0 N–H and O–H groups in total. The number of hydrogen-bond donors (Lipinski definition) is 0. The van der Waals surface area contributed by atoms with Gasteiger partial charge in [-0.1, -0.05) is 11.6 Å². The molecule has 0 radical (unpaired) electrons. The molecule has 1 fully saturated rings. The van der Waals surface area contributed by atoms with Crippen LogP contribution in [0.5, 0.6) is 0 Å². The van der Waals surface area contributed by atoms with Crippen LogP contribution in [-0.4, -0.2) is 14.5 Å². The summed E-state index contributed by atoms with van der Waals surface area (Å²) in [4.78, 5) is 8.84. The highest BCUT2D eigenvalue weighted by molar-refractivity contribution is 6.31. The lowest BCUT2D eigenvalue weighted by Gasteiger charge is -2.28. The number of alkyl halides is 1. The van der Waals surface area contributed by atoms with Gasteiger partial charge in [0.25, 0.3) is 0 Å². The van der Waals surface area contributed by atoms with Gasteiger partial charge >= 0.3 is 0 Å².